The predicted molar refractivity (Wildman–Crippen MR) is 53.4 cm³/mol. The van der Waals surface area contributed by atoms with Gasteiger partial charge in [-0.2, -0.15) is 0 Å². The first-order valence-corrected chi connectivity index (χ1v) is 4.67. The molecular formula is C11H11NO2. The summed E-state index contributed by atoms with van der Waals surface area (Å²) in [7, 11) is 0. The second kappa shape index (κ2) is 3.62. The van der Waals surface area contributed by atoms with Crippen LogP contribution in [0.25, 0.3) is 0 Å². The minimum atomic E-state index is 0.212. The van der Waals surface area contributed by atoms with E-state index in [1.807, 2.05) is 6.07 Å². The lowest BCUT2D eigenvalue weighted by atomic mass is 9.90. The van der Waals surface area contributed by atoms with Crippen LogP contribution in [-0.4, -0.2) is 12.2 Å². The number of fused-ring (bicyclic) bond motifs is 1. The lowest BCUT2D eigenvalue weighted by molar-refractivity contribution is -0.105. The van der Waals surface area contributed by atoms with Crippen molar-refractivity contribution in [3.05, 3.63) is 29.3 Å². The van der Waals surface area contributed by atoms with Gasteiger partial charge in [0.05, 0.1) is 0 Å². The second-order valence-electron chi connectivity index (χ2n) is 3.41. The van der Waals surface area contributed by atoms with E-state index in [0.717, 1.165) is 29.7 Å². The van der Waals surface area contributed by atoms with Crippen LogP contribution in [0.4, 0.5) is 5.69 Å². The van der Waals surface area contributed by atoms with Gasteiger partial charge in [-0.05, 0) is 36.6 Å². The molecule has 72 valence electrons. The van der Waals surface area contributed by atoms with E-state index in [9.17, 15) is 9.59 Å². The molecule has 0 aromatic heterocycles. The Labute approximate surface area is 82.1 Å². The summed E-state index contributed by atoms with van der Waals surface area (Å²) >= 11 is 0. The van der Waals surface area contributed by atoms with Gasteiger partial charge in [-0.25, -0.2) is 0 Å². The van der Waals surface area contributed by atoms with Crippen LogP contribution >= 0.6 is 0 Å². The lowest BCUT2D eigenvalue weighted by Crippen LogP contribution is -2.11. The van der Waals surface area contributed by atoms with Gasteiger partial charge in [0.1, 0.15) is 0 Å². The number of hydrogen-bond donors (Lipinski definition) is 1. The molecule has 0 atom stereocenters. The van der Waals surface area contributed by atoms with Crippen LogP contribution in [0.5, 0.6) is 0 Å². The third-order valence-corrected chi connectivity index (χ3v) is 2.48. The quantitative estimate of drug-likeness (QED) is 0.721. The molecule has 3 nitrogen and oxygen atoms in total. The molecule has 0 spiro atoms. The Morgan fingerprint density at radius 3 is 2.93 bits per heavy atom. The number of rotatable bonds is 2. The fraction of sp³-hybridized carbons (Fsp3) is 0.273. The Bertz CT molecular complexity index is 385. The zero-order valence-electron chi connectivity index (χ0n) is 7.75. The first kappa shape index (κ1) is 8.94. The summed E-state index contributed by atoms with van der Waals surface area (Å²) in [5.74, 6) is 0.212. The van der Waals surface area contributed by atoms with Crippen molar-refractivity contribution >= 4 is 17.9 Å². The number of nitrogens with one attached hydrogen (secondary N) is 1. The molecule has 1 aromatic carbocycles. The van der Waals surface area contributed by atoms with Gasteiger partial charge in [0, 0.05) is 17.7 Å². The van der Waals surface area contributed by atoms with Crippen LogP contribution in [0.2, 0.25) is 0 Å². The number of carbonyl (C=O) groups excluding carboxylic acids is 2. The average Bonchev–Trinajstić information content (AvgIpc) is 2.18. The van der Waals surface area contributed by atoms with Crippen molar-refractivity contribution in [3.8, 4) is 0 Å². The van der Waals surface area contributed by atoms with Crippen LogP contribution in [0.15, 0.2) is 18.2 Å². The number of amides is 1. The summed E-state index contributed by atoms with van der Waals surface area (Å²) < 4.78 is 0. The molecule has 1 N–H and O–H groups in total. The Morgan fingerprint density at radius 1 is 1.29 bits per heavy atom. The summed E-state index contributed by atoms with van der Waals surface area (Å²) in [5, 5.41) is 2.58. The summed E-state index contributed by atoms with van der Waals surface area (Å²) in [6, 6.07) is 5.43. The molecule has 0 bridgehead atoms. The van der Waals surface area contributed by atoms with Crippen molar-refractivity contribution in [1.82, 2.24) is 0 Å². The fourth-order valence-electron chi connectivity index (χ4n) is 1.80. The minimum absolute atomic E-state index is 0.212. The van der Waals surface area contributed by atoms with E-state index < -0.39 is 0 Å². The predicted octanol–water partition coefficient (Wildman–Crippen LogP) is 1.77. The van der Waals surface area contributed by atoms with Gasteiger partial charge in [0.2, 0.25) is 6.41 Å². The molecule has 0 fully saturated rings. The molecule has 0 saturated carbocycles. The number of aryl methyl sites for hydroxylation is 1. The van der Waals surface area contributed by atoms with E-state index in [2.05, 4.69) is 5.32 Å². The molecule has 0 aliphatic heterocycles. The number of hydrogen-bond acceptors (Lipinski definition) is 2. The van der Waals surface area contributed by atoms with Gasteiger partial charge in [-0.1, -0.05) is 0 Å². The fourth-order valence-corrected chi connectivity index (χ4v) is 1.80. The monoisotopic (exact) mass is 189 g/mol. The van der Waals surface area contributed by atoms with Gasteiger partial charge in [-0.15, -0.1) is 0 Å². The van der Waals surface area contributed by atoms with Crippen molar-refractivity contribution in [2.24, 2.45) is 0 Å². The topological polar surface area (TPSA) is 46.2 Å². The molecule has 1 aromatic rings. The second-order valence-corrected chi connectivity index (χ2v) is 3.41. The summed E-state index contributed by atoms with van der Waals surface area (Å²) in [6.07, 6.45) is 3.13. The van der Waals surface area contributed by atoms with Gasteiger partial charge in [0.25, 0.3) is 0 Å². The van der Waals surface area contributed by atoms with E-state index >= 15 is 0 Å². The summed E-state index contributed by atoms with van der Waals surface area (Å²) in [5.41, 5.74) is 2.62. The highest BCUT2D eigenvalue weighted by atomic mass is 16.1. The summed E-state index contributed by atoms with van der Waals surface area (Å²) in [6.45, 7) is 0. The first-order chi connectivity index (χ1) is 6.81. The highest BCUT2D eigenvalue weighted by Gasteiger charge is 2.16. The van der Waals surface area contributed by atoms with Gasteiger partial charge < -0.3 is 5.32 Å². The number of benzene rings is 1. The molecule has 1 amide bonds. The maximum atomic E-state index is 11.5. The Hall–Kier alpha value is -1.64. The SMILES string of the molecule is O=CNc1ccc2c(c1)CCCC2=O. The molecule has 3 heteroatoms. The average molecular weight is 189 g/mol. The van der Waals surface area contributed by atoms with Crippen molar-refractivity contribution in [3.63, 3.8) is 0 Å². The van der Waals surface area contributed by atoms with Crippen LogP contribution < -0.4 is 5.32 Å². The standard InChI is InChI=1S/C11H11NO2/c13-7-12-9-4-5-10-8(6-9)2-1-3-11(10)14/h4-7H,1-3H2,(H,12,13). The number of carbonyl (C=O) groups is 2. The van der Waals surface area contributed by atoms with E-state index in [0.29, 0.717) is 12.8 Å². The largest absolute Gasteiger partial charge is 0.329 e. The van der Waals surface area contributed by atoms with Crippen molar-refractivity contribution in [2.75, 3.05) is 5.32 Å². The van der Waals surface area contributed by atoms with Crippen LogP contribution in [0, 0.1) is 0 Å². The molecule has 0 radical (unpaired) electrons. The van der Waals surface area contributed by atoms with Gasteiger partial charge in [0.15, 0.2) is 5.78 Å². The summed E-state index contributed by atoms with van der Waals surface area (Å²) in [4.78, 5) is 21.7. The molecule has 0 saturated heterocycles. The zero-order chi connectivity index (χ0) is 9.97. The van der Waals surface area contributed by atoms with E-state index in [-0.39, 0.29) is 5.78 Å². The van der Waals surface area contributed by atoms with Crippen molar-refractivity contribution < 1.29 is 9.59 Å². The Balaban J connectivity index is 2.38. The lowest BCUT2D eigenvalue weighted by Gasteiger charge is -2.15. The van der Waals surface area contributed by atoms with E-state index in [1.54, 1.807) is 12.1 Å². The Kier molecular flexibility index (Phi) is 2.31. The molecule has 1 aliphatic carbocycles. The van der Waals surface area contributed by atoms with Crippen molar-refractivity contribution in [2.45, 2.75) is 19.3 Å². The highest BCUT2D eigenvalue weighted by molar-refractivity contribution is 5.99. The van der Waals surface area contributed by atoms with Gasteiger partial charge in [-0.3, -0.25) is 9.59 Å². The Morgan fingerprint density at radius 2 is 2.14 bits per heavy atom. The maximum Gasteiger partial charge on any atom is 0.211 e. The van der Waals surface area contributed by atoms with E-state index in [1.165, 1.54) is 0 Å². The minimum Gasteiger partial charge on any atom is -0.329 e. The number of ketones is 1. The number of anilines is 1. The molecule has 0 unspecified atom stereocenters. The molecule has 1 aliphatic rings. The number of Topliss-reactive ketones (excluding diaryl/α,β-unsaturated/α-hetero) is 1. The molecule has 2 rings (SSSR count). The van der Waals surface area contributed by atoms with Crippen LogP contribution in [0.1, 0.15) is 28.8 Å². The van der Waals surface area contributed by atoms with Gasteiger partial charge >= 0.3 is 0 Å². The smallest absolute Gasteiger partial charge is 0.211 e. The maximum absolute atomic E-state index is 11.5. The highest BCUT2D eigenvalue weighted by Crippen LogP contribution is 2.23. The van der Waals surface area contributed by atoms with E-state index in [4.69, 9.17) is 0 Å². The third kappa shape index (κ3) is 1.53. The molecule has 14 heavy (non-hydrogen) atoms. The third-order valence-electron chi connectivity index (χ3n) is 2.48. The molecule has 0 heterocycles. The van der Waals surface area contributed by atoms with Crippen LogP contribution in [0.3, 0.4) is 0 Å². The normalized spacial score (nSPS) is 14.7. The zero-order valence-corrected chi connectivity index (χ0v) is 7.75. The first-order valence-electron chi connectivity index (χ1n) is 4.67. The van der Waals surface area contributed by atoms with Crippen molar-refractivity contribution in [1.29, 1.82) is 0 Å². The van der Waals surface area contributed by atoms with Crippen LogP contribution in [-0.2, 0) is 11.2 Å². The molecular weight excluding hydrogens is 178 g/mol.